The first-order chi connectivity index (χ1) is 9.31. The monoisotopic (exact) mass is 248 g/mol. The van der Waals surface area contributed by atoms with E-state index < -0.39 is 0 Å². The Morgan fingerprint density at radius 1 is 0.632 bits per heavy atom. The van der Waals surface area contributed by atoms with Gasteiger partial charge < -0.3 is 5.11 Å². The second-order valence-electron chi connectivity index (χ2n) is 4.85. The predicted molar refractivity (Wildman–Crippen MR) is 79.5 cm³/mol. The molecule has 3 aromatic rings. The standard InChI is InChI=1S/C18H16O/c19-18-11-8-14(9-12-18)5-6-15-7-10-16-3-1-2-4-17(16)13-15/h1-4,7-13,19H,5-6H2. The summed E-state index contributed by atoms with van der Waals surface area (Å²) in [6.07, 6.45) is 2.02. The fourth-order valence-electron chi connectivity index (χ4n) is 2.35. The van der Waals surface area contributed by atoms with Crippen LogP contribution in [0.5, 0.6) is 5.75 Å². The van der Waals surface area contributed by atoms with Gasteiger partial charge in [-0.05, 0) is 46.9 Å². The summed E-state index contributed by atoms with van der Waals surface area (Å²) in [6.45, 7) is 0. The predicted octanol–water partition coefficient (Wildman–Crippen LogP) is 4.33. The zero-order chi connectivity index (χ0) is 13.1. The first kappa shape index (κ1) is 11.8. The Morgan fingerprint density at radius 3 is 2.05 bits per heavy atom. The number of hydrogen-bond acceptors (Lipinski definition) is 1. The van der Waals surface area contributed by atoms with Crippen LogP contribution in [0.15, 0.2) is 66.7 Å². The Balaban J connectivity index is 1.76. The lowest BCUT2D eigenvalue weighted by molar-refractivity contribution is 0.475. The highest BCUT2D eigenvalue weighted by Gasteiger charge is 1.98. The molecule has 0 saturated heterocycles. The molecule has 0 atom stereocenters. The number of fused-ring (bicyclic) bond motifs is 1. The molecular formula is C18H16O. The van der Waals surface area contributed by atoms with Crippen molar-refractivity contribution in [3.05, 3.63) is 77.9 Å². The van der Waals surface area contributed by atoms with E-state index in [0.717, 1.165) is 12.8 Å². The second-order valence-corrected chi connectivity index (χ2v) is 4.85. The van der Waals surface area contributed by atoms with Crippen molar-refractivity contribution in [3.63, 3.8) is 0 Å². The molecule has 19 heavy (non-hydrogen) atoms. The van der Waals surface area contributed by atoms with Crippen LogP contribution in [-0.2, 0) is 12.8 Å². The first-order valence-electron chi connectivity index (χ1n) is 6.57. The minimum Gasteiger partial charge on any atom is -0.508 e. The molecule has 0 saturated carbocycles. The molecule has 0 heterocycles. The summed E-state index contributed by atoms with van der Waals surface area (Å²) < 4.78 is 0. The van der Waals surface area contributed by atoms with Crippen LogP contribution in [0.25, 0.3) is 10.8 Å². The lowest BCUT2D eigenvalue weighted by atomic mass is 10.0. The van der Waals surface area contributed by atoms with E-state index >= 15 is 0 Å². The third kappa shape index (κ3) is 2.76. The Bertz CT molecular complexity index is 683. The Morgan fingerprint density at radius 2 is 1.26 bits per heavy atom. The van der Waals surface area contributed by atoms with Gasteiger partial charge in [-0.1, -0.05) is 54.6 Å². The van der Waals surface area contributed by atoms with E-state index in [2.05, 4.69) is 42.5 Å². The van der Waals surface area contributed by atoms with Gasteiger partial charge in [-0.3, -0.25) is 0 Å². The zero-order valence-electron chi connectivity index (χ0n) is 10.7. The van der Waals surface area contributed by atoms with Crippen molar-refractivity contribution >= 4 is 10.8 Å². The maximum atomic E-state index is 9.26. The fraction of sp³-hybridized carbons (Fsp3) is 0.111. The van der Waals surface area contributed by atoms with Crippen LogP contribution in [0.1, 0.15) is 11.1 Å². The van der Waals surface area contributed by atoms with Gasteiger partial charge in [0.25, 0.3) is 0 Å². The van der Waals surface area contributed by atoms with Crippen molar-refractivity contribution in [3.8, 4) is 5.75 Å². The maximum Gasteiger partial charge on any atom is 0.115 e. The smallest absolute Gasteiger partial charge is 0.115 e. The van der Waals surface area contributed by atoms with E-state index in [1.165, 1.54) is 21.9 Å². The van der Waals surface area contributed by atoms with E-state index in [-0.39, 0.29) is 0 Å². The third-order valence-corrected chi connectivity index (χ3v) is 3.45. The minimum atomic E-state index is 0.328. The number of aromatic hydroxyl groups is 1. The highest BCUT2D eigenvalue weighted by Crippen LogP contribution is 2.17. The number of aryl methyl sites for hydroxylation is 2. The summed E-state index contributed by atoms with van der Waals surface area (Å²) in [7, 11) is 0. The van der Waals surface area contributed by atoms with Crippen molar-refractivity contribution in [2.24, 2.45) is 0 Å². The summed E-state index contributed by atoms with van der Waals surface area (Å²) in [6, 6.07) is 22.5. The van der Waals surface area contributed by atoms with Gasteiger partial charge in [0, 0.05) is 0 Å². The summed E-state index contributed by atoms with van der Waals surface area (Å²) in [5.74, 6) is 0.328. The summed E-state index contributed by atoms with van der Waals surface area (Å²) in [4.78, 5) is 0. The summed E-state index contributed by atoms with van der Waals surface area (Å²) in [5.41, 5.74) is 2.61. The summed E-state index contributed by atoms with van der Waals surface area (Å²) >= 11 is 0. The molecule has 0 aromatic heterocycles. The van der Waals surface area contributed by atoms with Gasteiger partial charge >= 0.3 is 0 Å². The highest BCUT2D eigenvalue weighted by molar-refractivity contribution is 5.82. The van der Waals surface area contributed by atoms with Crippen LogP contribution >= 0.6 is 0 Å². The first-order valence-corrected chi connectivity index (χ1v) is 6.57. The maximum absolute atomic E-state index is 9.26. The SMILES string of the molecule is Oc1ccc(CCc2ccc3ccccc3c2)cc1. The molecule has 0 amide bonds. The van der Waals surface area contributed by atoms with Crippen LogP contribution in [0.2, 0.25) is 0 Å². The molecule has 0 aliphatic rings. The molecule has 0 unspecified atom stereocenters. The van der Waals surface area contributed by atoms with E-state index in [1.807, 2.05) is 12.1 Å². The van der Waals surface area contributed by atoms with Gasteiger partial charge in [0.15, 0.2) is 0 Å². The quantitative estimate of drug-likeness (QED) is 0.731. The van der Waals surface area contributed by atoms with Gasteiger partial charge in [0.2, 0.25) is 0 Å². The molecule has 0 aliphatic heterocycles. The number of phenols is 1. The number of hydrogen-bond donors (Lipinski definition) is 1. The van der Waals surface area contributed by atoms with E-state index in [9.17, 15) is 5.11 Å². The van der Waals surface area contributed by atoms with E-state index in [0.29, 0.717) is 5.75 Å². The topological polar surface area (TPSA) is 20.2 Å². The van der Waals surface area contributed by atoms with Crippen LogP contribution in [-0.4, -0.2) is 5.11 Å². The third-order valence-electron chi connectivity index (χ3n) is 3.45. The molecule has 0 spiro atoms. The Labute approximate surface area is 113 Å². The molecule has 1 N–H and O–H groups in total. The van der Waals surface area contributed by atoms with Crippen molar-refractivity contribution in [2.75, 3.05) is 0 Å². The van der Waals surface area contributed by atoms with E-state index in [1.54, 1.807) is 12.1 Å². The molecule has 3 rings (SSSR count). The van der Waals surface area contributed by atoms with Crippen LogP contribution < -0.4 is 0 Å². The lowest BCUT2D eigenvalue weighted by Crippen LogP contribution is -1.91. The second kappa shape index (κ2) is 5.15. The molecule has 1 heteroatoms. The largest absolute Gasteiger partial charge is 0.508 e. The van der Waals surface area contributed by atoms with Crippen LogP contribution in [0.3, 0.4) is 0 Å². The minimum absolute atomic E-state index is 0.328. The summed E-state index contributed by atoms with van der Waals surface area (Å²) in [5, 5.41) is 11.8. The van der Waals surface area contributed by atoms with Gasteiger partial charge in [-0.25, -0.2) is 0 Å². The zero-order valence-corrected chi connectivity index (χ0v) is 10.7. The molecular weight excluding hydrogens is 232 g/mol. The Hall–Kier alpha value is -2.28. The van der Waals surface area contributed by atoms with Crippen molar-refractivity contribution < 1.29 is 5.11 Å². The van der Waals surface area contributed by atoms with Gasteiger partial charge in [0.05, 0.1) is 0 Å². The molecule has 94 valence electrons. The van der Waals surface area contributed by atoms with Crippen molar-refractivity contribution in [2.45, 2.75) is 12.8 Å². The van der Waals surface area contributed by atoms with Crippen molar-refractivity contribution in [1.29, 1.82) is 0 Å². The molecule has 0 bridgehead atoms. The highest BCUT2D eigenvalue weighted by atomic mass is 16.3. The molecule has 0 fully saturated rings. The number of rotatable bonds is 3. The number of benzene rings is 3. The van der Waals surface area contributed by atoms with Gasteiger partial charge in [-0.15, -0.1) is 0 Å². The number of phenolic OH excluding ortho intramolecular Hbond substituents is 1. The molecule has 0 aliphatic carbocycles. The van der Waals surface area contributed by atoms with Gasteiger partial charge in [-0.2, -0.15) is 0 Å². The average molecular weight is 248 g/mol. The van der Waals surface area contributed by atoms with Crippen molar-refractivity contribution in [1.82, 2.24) is 0 Å². The molecule has 3 aromatic carbocycles. The molecule has 0 radical (unpaired) electrons. The average Bonchev–Trinajstić information content (AvgIpc) is 2.46. The van der Waals surface area contributed by atoms with Crippen LogP contribution in [0, 0.1) is 0 Å². The van der Waals surface area contributed by atoms with E-state index in [4.69, 9.17) is 0 Å². The fourth-order valence-corrected chi connectivity index (χ4v) is 2.35. The van der Waals surface area contributed by atoms with Gasteiger partial charge in [0.1, 0.15) is 5.75 Å². The Kier molecular flexibility index (Phi) is 3.20. The molecule has 1 nitrogen and oxygen atoms in total. The van der Waals surface area contributed by atoms with Crippen LogP contribution in [0.4, 0.5) is 0 Å². The normalized spacial score (nSPS) is 10.7. The lowest BCUT2D eigenvalue weighted by Gasteiger charge is -2.04.